The standard InChI is InChI=1S/C15H20ClN3O3S.ClH/c16-12-6-5-11(18-15(20)13-4-3-7-17-13)10-14(12)23(21,22)19-8-1-2-9-19;/h5-6,10,13,17H,1-4,7-9H2,(H,18,20);1H. The van der Waals surface area contributed by atoms with E-state index in [1.807, 2.05) is 0 Å². The lowest BCUT2D eigenvalue weighted by atomic mass is 10.2. The quantitative estimate of drug-likeness (QED) is 0.821. The van der Waals surface area contributed by atoms with E-state index in [0.717, 1.165) is 32.2 Å². The van der Waals surface area contributed by atoms with Gasteiger partial charge in [-0.1, -0.05) is 11.6 Å². The summed E-state index contributed by atoms with van der Waals surface area (Å²) in [4.78, 5) is 12.2. The molecule has 24 heavy (non-hydrogen) atoms. The molecule has 2 N–H and O–H groups in total. The van der Waals surface area contributed by atoms with Gasteiger partial charge in [-0.2, -0.15) is 4.31 Å². The van der Waals surface area contributed by atoms with Crippen LogP contribution in [-0.2, 0) is 14.8 Å². The number of halogens is 2. The summed E-state index contributed by atoms with van der Waals surface area (Å²) >= 11 is 6.09. The molecule has 0 spiro atoms. The van der Waals surface area contributed by atoms with Crippen molar-refractivity contribution in [1.29, 1.82) is 0 Å². The Morgan fingerprint density at radius 1 is 1.25 bits per heavy atom. The van der Waals surface area contributed by atoms with Gasteiger partial charge in [-0.25, -0.2) is 8.42 Å². The smallest absolute Gasteiger partial charge is 0.244 e. The van der Waals surface area contributed by atoms with Crippen LogP contribution >= 0.6 is 24.0 Å². The van der Waals surface area contributed by atoms with Gasteiger partial charge in [0.25, 0.3) is 0 Å². The zero-order chi connectivity index (χ0) is 16.4. The number of amides is 1. The molecule has 1 aromatic carbocycles. The Balaban J connectivity index is 0.00000208. The van der Waals surface area contributed by atoms with E-state index in [0.29, 0.717) is 18.8 Å². The van der Waals surface area contributed by atoms with Gasteiger partial charge in [-0.05, 0) is 50.4 Å². The molecular weight excluding hydrogens is 373 g/mol. The second-order valence-electron chi connectivity index (χ2n) is 5.89. The van der Waals surface area contributed by atoms with E-state index in [2.05, 4.69) is 10.6 Å². The number of rotatable bonds is 4. The van der Waals surface area contributed by atoms with E-state index in [-0.39, 0.29) is 34.3 Å². The summed E-state index contributed by atoms with van der Waals surface area (Å²) in [5.41, 5.74) is 0.450. The normalized spacial score (nSPS) is 21.5. The maximum Gasteiger partial charge on any atom is 0.244 e. The van der Waals surface area contributed by atoms with Crippen molar-refractivity contribution in [3.63, 3.8) is 0 Å². The van der Waals surface area contributed by atoms with E-state index >= 15 is 0 Å². The zero-order valence-corrected chi connectivity index (χ0v) is 15.5. The molecule has 1 aromatic rings. The number of nitrogens with zero attached hydrogens (tertiary/aromatic N) is 1. The predicted octanol–water partition coefficient (Wildman–Crippen LogP) is 2.24. The highest BCUT2D eigenvalue weighted by Gasteiger charge is 2.29. The summed E-state index contributed by atoms with van der Waals surface area (Å²) in [5.74, 6) is -0.144. The fourth-order valence-electron chi connectivity index (χ4n) is 2.98. The van der Waals surface area contributed by atoms with Gasteiger partial charge in [-0.15, -0.1) is 12.4 Å². The third-order valence-corrected chi connectivity index (χ3v) is 6.64. The second kappa shape index (κ2) is 8.01. The Labute approximate surface area is 153 Å². The second-order valence-corrected chi connectivity index (χ2v) is 8.21. The third-order valence-electron chi connectivity index (χ3n) is 4.26. The van der Waals surface area contributed by atoms with Crippen LogP contribution < -0.4 is 10.6 Å². The van der Waals surface area contributed by atoms with Crippen LogP contribution in [0.3, 0.4) is 0 Å². The minimum Gasteiger partial charge on any atom is -0.325 e. The van der Waals surface area contributed by atoms with Crippen LogP contribution in [0.5, 0.6) is 0 Å². The van der Waals surface area contributed by atoms with E-state index in [1.54, 1.807) is 6.07 Å². The lowest BCUT2D eigenvalue weighted by Gasteiger charge is -2.18. The Morgan fingerprint density at radius 3 is 2.58 bits per heavy atom. The molecule has 2 saturated heterocycles. The molecule has 1 atom stereocenters. The Kier molecular flexibility index (Phi) is 6.50. The number of benzene rings is 1. The highest BCUT2D eigenvalue weighted by Crippen LogP contribution is 2.29. The first kappa shape index (κ1) is 19.5. The minimum absolute atomic E-state index is 0. The van der Waals surface area contributed by atoms with Gasteiger partial charge >= 0.3 is 0 Å². The van der Waals surface area contributed by atoms with Crippen molar-refractivity contribution in [3.8, 4) is 0 Å². The number of nitrogens with one attached hydrogen (secondary N) is 2. The predicted molar refractivity (Wildman–Crippen MR) is 96.3 cm³/mol. The third kappa shape index (κ3) is 4.03. The van der Waals surface area contributed by atoms with Crippen LogP contribution in [-0.4, -0.2) is 44.3 Å². The van der Waals surface area contributed by atoms with Crippen LogP contribution in [0.1, 0.15) is 25.7 Å². The van der Waals surface area contributed by atoms with Crippen molar-refractivity contribution in [2.24, 2.45) is 0 Å². The van der Waals surface area contributed by atoms with E-state index in [4.69, 9.17) is 11.6 Å². The summed E-state index contributed by atoms with van der Waals surface area (Å²) in [6.45, 7) is 1.86. The number of carbonyl (C=O) groups is 1. The highest BCUT2D eigenvalue weighted by molar-refractivity contribution is 7.89. The molecule has 0 saturated carbocycles. The lowest BCUT2D eigenvalue weighted by Crippen LogP contribution is -2.35. The lowest BCUT2D eigenvalue weighted by molar-refractivity contribution is -0.117. The van der Waals surface area contributed by atoms with E-state index < -0.39 is 10.0 Å². The maximum absolute atomic E-state index is 12.7. The first-order valence-electron chi connectivity index (χ1n) is 7.82. The monoisotopic (exact) mass is 393 g/mol. The molecule has 2 fully saturated rings. The number of carbonyl (C=O) groups excluding carboxylic acids is 1. The topological polar surface area (TPSA) is 78.5 Å². The van der Waals surface area contributed by atoms with Gasteiger partial charge in [0.05, 0.1) is 11.1 Å². The Hall–Kier alpha value is -0.860. The Morgan fingerprint density at radius 2 is 1.96 bits per heavy atom. The molecule has 2 aliphatic heterocycles. The van der Waals surface area contributed by atoms with E-state index in [1.165, 1.54) is 16.4 Å². The summed E-state index contributed by atoms with van der Waals surface area (Å²) in [6.07, 6.45) is 3.48. The summed E-state index contributed by atoms with van der Waals surface area (Å²) in [5, 5.41) is 6.06. The highest BCUT2D eigenvalue weighted by atomic mass is 35.5. The molecule has 0 aromatic heterocycles. The maximum atomic E-state index is 12.7. The summed E-state index contributed by atoms with van der Waals surface area (Å²) in [7, 11) is -3.61. The summed E-state index contributed by atoms with van der Waals surface area (Å²) < 4.78 is 26.8. The van der Waals surface area contributed by atoms with Crippen LogP contribution in [0.4, 0.5) is 5.69 Å². The van der Waals surface area contributed by atoms with Gasteiger partial charge in [0.2, 0.25) is 15.9 Å². The number of sulfonamides is 1. The van der Waals surface area contributed by atoms with Crippen molar-refractivity contribution in [2.75, 3.05) is 25.0 Å². The van der Waals surface area contributed by atoms with Gasteiger partial charge in [0.15, 0.2) is 0 Å². The molecule has 0 radical (unpaired) electrons. The van der Waals surface area contributed by atoms with Gasteiger partial charge in [0.1, 0.15) is 4.90 Å². The van der Waals surface area contributed by atoms with Crippen molar-refractivity contribution in [2.45, 2.75) is 36.6 Å². The van der Waals surface area contributed by atoms with Gasteiger partial charge in [0, 0.05) is 18.8 Å². The van der Waals surface area contributed by atoms with Gasteiger partial charge in [-0.3, -0.25) is 4.79 Å². The molecule has 6 nitrogen and oxygen atoms in total. The van der Waals surface area contributed by atoms with Crippen molar-refractivity contribution >= 4 is 45.6 Å². The molecular formula is C15H21Cl2N3O3S. The number of hydrogen-bond donors (Lipinski definition) is 2. The van der Waals surface area contributed by atoms with Crippen molar-refractivity contribution in [1.82, 2.24) is 9.62 Å². The molecule has 0 aliphatic carbocycles. The number of anilines is 1. The minimum atomic E-state index is -3.61. The largest absolute Gasteiger partial charge is 0.325 e. The molecule has 1 amide bonds. The van der Waals surface area contributed by atoms with Crippen LogP contribution in [0.2, 0.25) is 5.02 Å². The zero-order valence-electron chi connectivity index (χ0n) is 13.1. The molecule has 2 heterocycles. The first-order chi connectivity index (χ1) is 11.0. The van der Waals surface area contributed by atoms with Crippen molar-refractivity contribution < 1.29 is 13.2 Å². The van der Waals surface area contributed by atoms with Gasteiger partial charge < -0.3 is 10.6 Å². The van der Waals surface area contributed by atoms with E-state index in [9.17, 15) is 13.2 Å². The fraction of sp³-hybridized carbons (Fsp3) is 0.533. The Bertz CT molecular complexity index is 700. The first-order valence-corrected chi connectivity index (χ1v) is 9.64. The van der Waals surface area contributed by atoms with Crippen LogP contribution in [0.25, 0.3) is 0 Å². The molecule has 9 heteroatoms. The SMILES string of the molecule is Cl.O=C(Nc1ccc(Cl)c(S(=O)(=O)N2CCCC2)c1)C1CCCN1. The van der Waals surface area contributed by atoms with Crippen LogP contribution in [0, 0.1) is 0 Å². The molecule has 3 rings (SSSR count). The number of hydrogen-bond acceptors (Lipinski definition) is 4. The molecule has 134 valence electrons. The fourth-order valence-corrected chi connectivity index (χ4v) is 5.00. The average Bonchev–Trinajstić information content (AvgIpc) is 3.22. The molecule has 1 unspecified atom stereocenters. The molecule has 2 aliphatic rings. The van der Waals surface area contributed by atoms with Crippen LogP contribution in [0.15, 0.2) is 23.1 Å². The molecule has 0 bridgehead atoms. The average molecular weight is 394 g/mol. The summed E-state index contributed by atoms with van der Waals surface area (Å²) in [6, 6.07) is 4.37. The van der Waals surface area contributed by atoms with Crippen molar-refractivity contribution in [3.05, 3.63) is 23.2 Å².